The van der Waals surface area contributed by atoms with Crippen molar-refractivity contribution < 1.29 is 0 Å². The number of hydrogen-bond donors (Lipinski definition) is 1. The molecule has 3 aromatic rings. The van der Waals surface area contributed by atoms with Gasteiger partial charge in [-0.15, -0.1) is 0 Å². The van der Waals surface area contributed by atoms with E-state index < -0.39 is 0 Å². The van der Waals surface area contributed by atoms with E-state index in [-0.39, 0.29) is 0 Å². The van der Waals surface area contributed by atoms with E-state index in [0.29, 0.717) is 0 Å². The fourth-order valence-corrected chi connectivity index (χ4v) is 2.17. The van der Waals surface area contributed by atoms with Gasteiger partial charge in [-0.2, -0.15) is 0 Å². The Hall–Kier alpha value is -2.68. The number of aryl methyl sites for hydroxylation is 2. The average Bonchev–Trinajstić information content (AvgIpc) is 2.50. The first kappa shape index (κ1) is 13.3. The molecule has 0 aliphatic carbocycles. The summed E-state index contributed by atoms with van der Waals surface area (Å²) in [7, 11) is 0. The van der Waals surface area contributed by atoms with Crippen LogP contribution in [0.3, 0.4) is 0 Å². The van der Waals surface area contributed by atoms with Crippen molar-refractivity contribution >= 4 is 11.5 Å². The lowest BCUT2D eigenvalue weighted by molar-refractivity contribution is 1.17. The summed E-state index contributed by atoms with van der Waals surface area (Å²) in [6, 6.07) is 18.5. The molecule has 0 aliphatic rings. The van der Waals surface area contributed by atoms with E-state index in [1.165, 1.54) is 11.1 Å². The summed E-state index contributed by atoms with van der Waals surface area (Å²) in [6.45, 7) is 4.15. The minimum Gasteiger partial charge on any atom is -0.340 e. The molecule has 0 aliphatic heterocycles. The number of nitrogens with zero attached hydrogens (tertiary/aromatic N) is 2. The number of nitrogens with one attached hydrogen (secondary N) is 1. The van der Waals surface area contributed by atoms with Crippen LogP contribution in [0.15, 0.2) is 60.9 Å². The van der Waals surface area contributed by atoms with Crippen LogP contribution in [0.25, 0.3) is 11.3 Å². The summed E-state index contributed by atoms with van der Waals surface area (Å²) in [4.78, 5) is 8.64. The van der Waals surface area contributed by atoms with Crippen molar-refractivity contribution in [3.8, 4) is 11.3 Å². The first-order valence-corrected chi connectivity index (χ1v) is 6.93. The molecule has 0 bridgehead atoms. The lowest BCUT2D eigenvalue weighted by atomic mass is 10.1. The molecule has 1 aromatic heterocycles. The molecule has 1 heterocycles. The number of rotatable bonds is 3. The number of anilines is 2. The summed E-state index contributed by atoms with van der Waals surface area (Å²) in [6.07, 6.45) is 1.59. The highest BCUT2D eigenvalue weighted by atomic mass is 15.0. The SMILES string of the molecule is Cc1ccc(Nc2cc(-c3cccc(C)c3)ncn2)cc1. The largest absolute Gasteiger partial charge is 0.340 e. The summed E-state index contributed by atoms with van der Waals surface area (Å²) in [5.74, 6) is 0.797. The van der Waals surface area contributed by atoms with Crippen molar-refractivity contribution in [3.63, 3.8) is 0 Å². The molecular formula is C18H17N3. The van der Waals surface area contributed by atoms with E-state index in [2.05, 4.69) is 59.5 Å². The second-order valence-corrected chi connectivity index (χ2v) is 5.15. The Kier molecular flexibility index (Phi) is 3.65. The maximum atomic E-state index is 4.36. The van der Waals surface area contributed by atoms with E-state index >= 15 is 0 Å². The molecule has 104 valence electrons. The van der Waals surface area contributed by atoms with Gasteiger partial charge in [0, 0.05) is 17.3 Å². The second kappa shape index (κ2) is 5.75. The summed E-state index contributed by atoms with van der Waals surface area (Å²) < 4.78 is 0. The lowest BCUT2D eigenvalue weighted by Gasteiger charge is -2.08. The molecule has 3 nitrogen and oxygen atoms in total. The molecule has 0 atom stereocenters. The molecule has 0 unspecified atom stereocenters. The van der Waals surface area contributed by atoms with Crippen molar-refractivity contribution in [2.24, 2.45) is 0 Å². The zero-order chi connectivity index (χ0) is 14.7. The third kappa shape index (κ3) is 3.26. The molecule has 3 rings (SSSR count). The number of aromatic nitrogens is 2. The monoisotopic (exact) mass is 275 g/mol. The molecule has 0 radical (unpaired) electrons. The molecule has 0 amide bonds. The molecule has 1 N–H and O–H groups in total. The Labute approximate surface area is 124 Å². The predicted octanol–water partition coefficient (Wildman–Crippen LogP) is 4.50. The summed E-state index contributed by atoms with van der Waals surface area (Å²) in [5, 5.41) is 3.30. The van der Waals surface area contributed by atoms with Gasteiger partial charge in [-0.3, -0.25) is 0 Å². The van der Waals surface area contributed by atoms with Crippen molar-refractivity contribution in [2.45, 2.75) is 13.8 Å². The van der Waals surface area contributed by atoms with Gasteiger partial charge in [-0.1, -0.05) is 41.5 Å². The van der Waals surface area contributed by atoms with Gasteiger partial charge in [0.25, 0.3) is 0 Å². The molecule has 21 heavy (non-hydrogen) atoms. The van der Waals surface area contributed by atoms with E-state index in [1.807, 2.05) is 24.3 Å². The van der Waals surface area contributed by atoms with Crippen LogP contribution < -0.4 is 5.32 Å². The Balaban J connectivity index is 1.88. The van der Waals surface area contributed by atoms with Gasteiger partial charge in [0.05, 0.1) is 5.69 Å². The van der Waals surface area contributed by atoms with Crippen LogP contribution in [0.2, 0.25) is 0 Å². The Bertz CT molecular complexity index is 748. The highest BCUT2D eigenvalue weighted by molar-refractivity contribution is 5.65. The zero-order valence-electron chi connectivity index (χ0n) is 12.2. The van der Waals surface area contributed by atoms with Gasteiger partial charge in [0.1, 0.15) is 12.1 Å². The van der Waals surface area contributed by atoms with Crippen LogP contribution in [0.4, 0.5) is 11.5 Å². The van der Waals surface area contributed by atoms with Crippen LogP contribution in [0, 0.1) is 13.8 Å². The third-order valence-electron chi connectivity index (χ3n) is 3.30. The Morgan fingerprint density at radius 1 is 0.810 bits per heavy atom. The fourth-order valence-electron chi connectivity index (χ4n) is 2.17. The van der Waals surface area contributed by atoms with E-state index in [4.69, 9.17) is 0 Å². The van der Waals surface area contributed by atoms with E-state index in [9.17, 15) is 0 Å². The topological polar surface area (TPSA) is 37.8 Å². The molecule has 2 aromatic carbocycles. The first-order valence-electron chi connectivity index (χ1n) is 6.93. The van der Waals surface area contributed by atoms with Gasteiger partial charge >= 0.3 is 0 Å². The maximum Gasteiger partial charge on any atom is 0.134 e. The smallest absolute Gasteiger partial charge is 0.134 e. The zero-order valence-corrected chi connectivity index (χ0v) is 12.2. The number of hydrogen-bond acceptors (Lipinski definition) is 3. The molecule has 0 saturated heterocycles. The van der Waals surface area contributed by atoms with Gasteiger partial charge in [0.15, 0.2) is 0 Å². The van der Waals surface area contributed by atoms with Crippen molar-refractivity contribution in [1.29, 1.82) is 0 Å². The maximum absolute atomic E-state index is 4.36. The van der Waals surface area contributed by atoms with Crippen LogP contribution in [0.5, 0.6) is 0 Å². The quantitative estimate of drug-likeness (QED) is 0.764. The molecule has 0 saturated carbocycles. The van der Waals surface area contributed by atoms with E-state index in [1.54, 1.807) is 6.33 Å². The highest BCUT2D eigenvalue weighted by Crippen LogP contribution is 2.21. The second-order valence-electron chi connectivity index (χ2n) is 5.15. The first-order chi connectivity index (χ1) is 10.2. The van der Waals surface area contributed by atoms with Crippen LogP contribution >= 0.6 is 0 Å². The lowest BCUT2D eigenvalue weighted by Crippen LogP contribution is -1.95. The van der Waals surface area contributed by atoms with Crippen LogP contribution in [-0.4, -0.2) is 9.97 Å². The Morgan fingerprint density at radius 3 is 2.38 bits per heavy atom. The van der Waals surface area contributed by atoms with Crippen molar-refractivity contribution in [2.75, 3.05) is 5.32 Å². The standard InChI is InChI=1S/C18H17N3/c1-13-6-8-16(9-7-13)21-18-11-17(19-12-20-18)15-5-3-4-14(2)10-15/h3-12H,1-2H3,(H,19,20,21). The van der Waals surface area contributed by atoms with Crippen molar-refractivity contribution in [3.05, 3.63) is 72.1 Å². The molecular weight excluding hydrogens is 258 g/mol. The summed E-state index contributed by atoms with van der Waals surface area (Å²) in [5.41, 5.74) is 5.50. The average molecular weight is 275 g/mol. The van der Waals surface area contributed by atoms with Gasteiger partial charge in [-0.25, -0.2) is 9.97 Å². The third-order valence-corrected chi connectivity index (χ3v) is 3.30. The van der Waals surface area contributed by atoms with Crippen LogP contribution in [-0.2, 0) is 0 Å². The normalized spacial score (nSPS) is 10.4. The Morgan fingerprint density at radius 2 is 1.62 bits per heavy atom. The van der Waals surface area contributed by atoms with Crippen molar-refractivity contribution in [1.82, 2.24) is 9.97 Å². The van der Waals surface area contributed by atoms with Gasteiger partial charge in [0.2, 0.25) is 0 Å². The predicted molar refractivity (Wildman–Crippen MR) is 86.7 cm³/mol. The van der Waals surface area contributed by atoms with Gasteiger partial charge < -0.3 is 5.32 Å². The van der Waals surface area contributed by atoms with Crippen LogP contribution in [0.1, 0.15) is 11.1 Å². The minimum atomic E-state index is 0.797. The fraction of sp³-hybridized carbons (Fsp3) is 0.111. The number of benzene rings is 2. The van der Waals surface area contributed by atoms with Gasteiger partial charge in [-0.05, 0) is 32.0 Å². The van der Waals surface area contributed by atoms with E-state index in [0.717, 1.165) is 22.8 Å². The molecule has 0 fully saturated rings. The molecule has 3 heteroatoms. The highest BCUT2D eigenvalue weighted by Gasteiger charge is 2.02. The molecule has 0 spiro atoms. The summed E-state index contributed by atoms with van der Waals surface area (Å²) >= 11 is 0. The minimum absolute atomic E-state index is 0.797.